The fourth-order valence-corrected chi connectivity index (χ4v) is 3.65. The van der Waals surface area contributed by atoms with Crippen LogP contribution < -0.4 is 0 Å². The van der Waals surface area contributed by atoms with Gasteiger partial charge < -0.3 is 0 Å². The molecule has 0 unspecified atom stereocenters. The highest BCUT2D eigenvalue weighted by Crippen LogP contribution is 2.41. The Labute approximate surface area is 89.5 Å². The van der Waals surface area contributed by atoms with Crippen LogP contribution in [-0.4, -0.2) is 0 Å². The number of rotatable bonds is 0. The van der Waals surface area contributed by atoms with Gasteiger partial charge in [-0.25, -0.2) is 0 Å². The second kappa shape index (κ2) is 4.24. The van der Waals surface area contributed by atoms with Crippen LogP contribution in [0.4, 0.5) is 0 Å². The molecule has 0 radical (unpaired) electrons. The standard InChI is InChI=1S/C14H26/c1-14(2)10-9-12-5-3-7-13(11-14)8-4-6-12/h12-13H,3-11H2,1-2H3. The Kier molecular flexibility index (Phi) is 3.19. The molecular weight excluding hydrogens is 168 g/mol. The molecule has 3 aliphatic carbocycles. The molecule has 14 heavy (non-hydrogen) atoms. The molecule has 0 saturated heterocycles. The molecule has 0 aromatic heterocycles. The molecule has 0 aromatic carbocycles. The van der Waals surface area contributed by atoms with Crippen molar-refractivity contribution in [3.63, 3.8) is 0 Å². The van der Waals surface area contributed by atoms with E-state index in [1.165, 1.54) is 57.8 Å². The van der Waals surface area contributed by atoms with E-state index in [0.717, 1.165) is 11.8 Å². The van der Waals surface area contributed by atoms with Gasteiger partial charge in [0.05, 0.1) is 0 Å². The third-order valence-corrected chi connectivity index (χ3v) is 4.52. The molecular formula is C14H26. The van der Waals surface area contributed by atoms with E-state index in [9.17, 15) is 0 Å². The van der Waals surface area contributed by atoms with Crippen LogP contribution in [0.5, 0.6) is 0 Å². The van der Waals surface area contributed by atoms with Gasteiger partial charge in [-0.2, -0.15) is 0 Å². The zero-order valence-corrected chi connectivity index (χ0v) is 10.0. The summed E-state index contributed by atoms with van der Waals surface area (Å²) in [5, 5.41) is 0. The Hall–Kier alpha value is 0. The highest BCUT2D eigenvalue weighted by Gasteiger charge is 2.28. The van der Waals surface area contributed by atoms with Crippen LogP contribution in [-0.2, 0) is 0 Å². The van der Waals surface area contributed by atoms with E-state index in [4.69, 9.17) is 0 Å². The Morgan fingerprint density at radius 3 is 2.00 bits per heavy atom. The minimum atomic E-state index is 0.637. The van der Waals surface area contributed by atoms with Crippen LogP contribution >= 0.6 is 0 Å². The topological polar surface area (TPSA) is 0 Å². The Bertz CT molecular complexity index is 170. The molecule has 3 fully saturated rings. The smallest absolute Gasteiger partial charge is 0.0351 e. The van der Waals surface area contributed by atoms with Gasteiger partial charge in [-0.3, -0.25) is 0 Å². The van der Waals surface area contributed by atoms with Crippen LogP contribution in [0.2, 0.25) is 0 Å². The maximum Gasteiger partial charge on any atom is -0.0351 e. The highest BCUT2D eigenvalue weighted by atomic mass is 14.3. The van der Waals surface area contributed by atoms with Gasteiger partial charge in [0.1, 0.15) is 0 Å². The second-order valence-electron chi connectivity index (χ2n) is 6.50. The van der Waals surface area contributed by atoms with E-state index in [1.807, 2.05) is 0 Å². The Morgan fingerprint density at radius 1 is 0.786 bits per heavy atom. The van der Waals surface area contributed by atoms with Crippen molar-refractivity contribution in [1.82, 2.24) is 0 Å². The van der Waals surface area contributed by atoms with Crippen LogP contribution in [0.1, 0.15) is 71.6 Å². The van der Waals surface area contributed by atoms with Crippen LogP contribution in [0, 0.1) is 17.3 Å². The minimum Gasteiger partial charge on any atom is -0.0599 e. The fourth-order valence-electron chi connectivity index (χ4n) is 3.65. The molecule has 0 aliphatic heterocycles. The molecule has 82 valence electrons. The van der Waals surface area contributed by atoms with Gasteiger partial charge in [0.25, 0.3) is 0 Å². The summed E-state index contributed by atoms with van der Waals surface area (Å²) >= 11 is 0. The summed E-state index contributed by atoms with van der Waals surface area (Å²) in [6.45, 7) is 4.99. The van der Waals surface area contributed by atoms with Crippen LogP contribution in [0.25, 0.3) is 0 Å². The van der Waals surface area contributed by atoms with Gasteiger partial charge in [0, 0.05) is 0 Å². The van der Waals surface area contributed by atoms with Gasteiger partial charge in [0.2, 0.25) is 0 Å². The van der Waals surface area contributed by atoms with E-state index in [0.29, 0.717) is 5.41 Å². The van der Waals surface area contributed by atoms with E-state index in [2.05, 4.69) is 13.8 Å². The van der Waals surface area contributed by atoms with E-state index >= 15 is 0 Å². The van der Waals surface area contributed by atoms with Gasteiger partial charge in [-0.05, 0) is 36.5 Å². The molecule has 3 rings (SSSR count). The predicted octanol–water partition coefficient (Wildman–Crippen LogP) is 4.78. The van der Waals surface area contributed by atoms with Crippen molar-refractivity contribution in [3.05, 3.63) is 0 Å². The first-order valence-corrected chi connectivity index (χ1v) is 6.66. The van der Waals surface area contributed by atoms with Crippen molar-refractivity contribution in [2.24, 2.45) is 17.3 Å². The monoisotopic (exact) mass is 194 g/mol. The molecule has 3 saturated carbocycles. The van der Waals surface area contributed by atoms with Gasteiger partial charge in [0.15, 0.2) is 0 Å². The largest absolute Gasteiger partial charge is 0.0599 e. The quantitative estimate of drug-likeness (QED) is 0.520. The Balaban J connectivity index is 2.08. The van der Waals surface area contributed by atoms with Gasteiger partial charge >= 0.3 is 0 Å². The number of hydrogen-bond acceptors (Lipinski definition) is 0. The Morgan fingerprint density at radius 2 is 1.36 bits per heavy atom. The molecule has 0 amide bonds. The van der Waals surface area contributed by atoms with Crippen LogP contribution in [0.15, 0.2) is 0 Å². The molecule has 0 spiro atoms. The summed E-state index contributed by atoms with van der Waals surface area (Å²) < 4.78 is 0. The maximum atomic E-state index is 2.49. The van der Waals surface area contributed by atoms with Crippen molar-refractivity contribution >= 4 is 0 Å². The van der Waals surface area contributed by atoms with Gasteiger partial charge in [-0.1, -0.05) is 52.4 Å². The van der Waals surface area contributed by atoms with E-state index < -0.39 is 0 Å². The van der Waals surface area contributed by atoms with Crippen molar-refractivity contribution in [3.8, 4) is 0 Å². The van der Waals surface area contributed by atoms with Gasteiger partial charge in [-0.15, -0.1) is 0 Å². The lowest BCUT2D eigenvalue weighted by atomic mass is 9.78. The second-order valence-corrected chi connectivity index (χ2v) is 6.50. The summed E-state index contributed by atoms with van der Waals surface area (Å²) in [4.78, 5) is 0. The van der Waals surface area contributed by atoms with Crippen molar-refractivity contribution < 1.29 is 0 Å². The lowest BCUT2D eigenvalue weighted by Crippen LogP contribution is -2.16. The third-order valence-electron chi connectivity index (χ3n) is 4.52. The molecule has 0 nitrogen and oxygen atoms in total. The number of fused-ring (bicyclic) bond motifs is 7. The van der Waals surface area contributed by atoms with Crippen molar-refractivity contribution in [2.75, 3.05) is 0 Å². The normalized spacial score (nSPS) is 38.1. The SMILES string of the molecule is CC1(C)CCC2CCCC(CCC2)C1. The third kappa shape index (κ3) is 2.74. The zero-order valence-electron chi connectivity index (χ0n) is 10.0. The van der Waals surface area contributed by atoms with Crippen LogP contribution in [0.3, 0.4) is 0 Å². The molecule has 2 bridgehead atoms. The molecule has 0 atom stereocenters. The minimum absolute atomic E-state index is 0.637. The summed E-state index contributed by atoms with van der Waals surface area (Å²) in [7, 11) is 0. The summed E-state index contributed by atoms with van der Waals surface area (Å²) in [6, 6.07) is 0. The average molecular weight is 194 g/mol. The summed E-state index contributed by atoms with van der Waals surface area (Å²) in [5.41, 5.74) is 0.637. The van der Waals surface area contributed by atoms with Crippen molar-refractivity contribution in [1.29, 1.82) is 0 Å². The first-order valence-electron chi connectivity index (χ1n) is 6.66. The highest BCUT2D eigenvalue weighted by molar-refractivity contribution is 4.80. The first kappa shape index (κ1) is 10.5. The lowest BCUT2D eigenvalue weighted by Gasteiger charge is -2.28. The van der Waals surface area contributed by atoms with E-state index in [1.54, 1.807) is 0 Å². The summed E-state index contributed by atoms with van der Waals surface area (Å²) in [5.74, 6) is 2.14. The predicted molar refractivity (Wildman–Crippen MR) is 62.3 cm³/mol. The molecule has 0 aromatic rings. The summed E-state index contributed by atoms with van der Waals surface area (Å²) in [6.07, 6.45) is 13.7. The fraction of sp³-hybridized carbons (Fsp3) is 1.00. The molecule has 0 heterocycles. The maximum absolute atomic E-state index is 2.49. The molecule has 3 aliphatic rings. The van der Waals surface area contributed by atoms with Crippen molar-refractivity contribution in [2.45, 2.75) is 71.6 Å². The number of hydrogen-bond donors (Lipinski definition) is 0. The van der Waals surface area contributed by atoms with E-state index in [-0.39, 0.29) is 0 Å². The zero-order chi connectivity index (χ0) is 10.0. The average Bonchev–Trinajstić information content (AvgIpc) is 2.16. The molecule has 0 N–H and O–H groups in total. The lowest BCUT2D eigenvalue weighted by molar-refractivity contribution is 0.236. The molecule has 0 heteroatoms. The first-order chi connectivity index (χ1) is 6.66.